The van der Waals surface area contributed by atoms with Gasteiger partial charge in [0.1, 0.15) is 0 Å². The van der Waals surface area contributed by atoms with E-state index in [1.807, 2.05) is 0 Å². The first kappa shape index (κ1) is 18.4. The van der Waals surface area contributed by atoms with Gasteiger partial charge in [-0.15, -0.1) is 0 Å². The Morgan fingerprint density at radius 2 is 2.00 bits per heavy atom. The lowest BCUT2D eigenvalue weighted by Gasteiger charge is -2.26. The first-order valence-corrected chi connectivity index (χ1v) is 8.43. The SMILES string of the molecule is CCC1CC(NC(C)(C)C)CN1C(=O)CCCCCOC. The molecular weight excluding hydrogens is 264 g/mol. The van der Waals surface area contributed by atoms with Gasteiger partial charge in [0, 0.05) is 44.3 Å². The monoisotopic (exact) mass is 298 g/mol. The minimum Gasteiger partial charge on any atom is -0.385 e. The van der Waals surface area contributed by atoms with E-state index in [0.29, 0.717) is 24.4 Å². The van der Waals surface area contributed by atoms with E-state index >= 15 is 0 Å². The second-order valence-electron chi connectivity index (χ2n) is 7.24. The maximum absolute atomic E-state index is 12.4. The minimum atomic E-state index is 0.113. The fourth-order valence-electron chi connectivity index (χ4n) is 3.17. The number of nitrogens with one attached hydrogen (secondary N) is 1. The Bertz CT molecular complexity index is 312. The number of carbonyl (C=O) groups excluding carboxylic acids is 1. The van der Waals surface area contributed by atoms with Gasteiger partial charge in [0.05, 0.1) is 0 Å². The Kier molecular flexibility index (Phi) is 7.67. The molecule has 0 aliphatic carbocycles. The first-order valence-electron chi connectivity index (χ1n) is 8.43. The number of likely N-dealkylation sites (tertiary alicyclic amines) is 1. The molecule has 2 unspecified atom stereocenters. The van der Waals surface area contributed by atoms with Gasteiger partial charge in [0.25, 0.3) is 0 Å². The third kappa shape index (κ3) is 6.79. The van der Waals surface area contributed by atoms with Crippen molar-refractivity contribution in [3.05, 3.63) is 0 Å². The van der Waals surface area contributed by atoms with Crippen LogP contribution in [0.5, 0.6) is 0 Å². The molecule has 2 atom stereocenters. The molecule has 1 heterocycles. The third-order valence-corrected chi connectivity index (χ3v) is 4.08. The van der Waals surface area contributed by atoms with Crippen molar-refractivity contribution in [3.8, 4) is 0 Å². The number of carbonyl (C=O) groups is 1. The van der Waals surface area contributed by atoms with Crippen LogP contribution in [0, 0.1) is 0 Å². The minimum absolute atomic E-state index is 0.113. The fourth-order valence-corrected chi connectivity index (χ4v) is 3.17. The van der Waals surface area contributed by atoms with E-state index in [2.05, 4.69) is 37.9 Å². The van der Waals surface area contributed by atoms with E-state index in [4.69, 9.17) is 4.74 Å². The molecular formula is C17H34N2O2. The molecule has 0 spiro atoms. The van der Waals surface area contributed by atoms with Gasteiger partial charge in [-0.05, 0) is 46.5 Å². The third-order valence-electron chi connectivity index (χ3n) is 4.08. The van der Waals surface area contributed by atoms with Gasteiger partial charge in [0.15, 0.2) is 0 Å². The standard InChI is InChI=1S/C17H34N2O2/c1-6-15-12-14(18-17(2,3)4)13-19(15)16(20)10-8-7-9-11-21-5/h14-15,18H,6-13H2,1-5H3. The van der Waals surface area contributed by atoms with Gasteiger partial charge in [-0.3, -0.25) is 4.79 Å². The zero-order chi connectivity index (χ0) is 15.9. The number of methoxy groups -OCH3 is 1. The summed E-state index contributed by atoms with van der Waals surface area (Å²) in [5.74, 6) is 0.331. The van der Waals surface area contributed by atoms with Crippen LogP contribution in [0.2, 0.25) is 0 Å². The van der Waals surface area contributed by atoms with Gasteiger partial charge >= 0.3 is 0 Å². The molecule has 124 valence electrons. The molecule has 0 saturated carbocycles. The summed E-state index contributed by atoms with van der Waals surface area (Å²) in [6, 6.07) is 0.851. The molecule has 4 nitrogen and oxygen atoms in total. The largest absolute Gasteiger partial charge is 0.385 e. The van der Waals surface area contributed by atoms with Crippen LogP contribution >= 0.6 is 0 Å². The molecule has 1 amide bonds. The van der Waals surface area contributed by atoms with Gasteiger partial charge < -0.3 is 15.0 Å². The van der Waals surface area contributed by atoms with Crippen LogP contribution in [0.4, 0.5) is 0 Å². The molecule has 1 aliphatic rings. The molecule has 0 aromatic rings. The van der Waals surface area contributed by atoms with Crippen LogP contribution in [0.25, 0.3) is 0 Å². The predicted octanol–water partition coefficient (Wildman–Crippen LogP) is 2.96. The number of unbranched alkanes of at least 4 members (excludes halogenated alkanes) is 2. The average molecular weight is 298 g/mol. The maximum atomic E-state index is 12.4. The zero-order valence-corrected chi connectivity index (χ0v) is 14.6. The molecule has 4 heteroatoms. The van der Waals surface area contributed by atoms with E-state index < -0.39 is 0 Å². The highest BCUT2D eigenvalue weighted by atomic mass is 16.5. The van der Waals surface area contributed by atoms with E-state index in [1.54, 1.807) is 7.11 Å². The summed E-state index contributed by atoms with van der Waals surface area (Å²) in [5.41, 5.74) is 0.113. The van der Waals surface area contributed by atoms with Crippen LogP contribution in [0.3, 0.4) is 0 Å². The van der Waals surface area contributed by atoms with Crippen molar-refractivity contribution in [1.29, 1.82) is 0 Å². The smallest absolute Gasteiger partial charge is 0.222 e. The van der Waals surface area contributed by atoms with Crippen molar-refractivity contribution < 1.29 is 9.53 Å². The highest BCUT2D eigenvalue weighted by molar-refractivity contribution is 5.76. The van der Waals surface area contributed by atoms with Gasteiger partial charge in [-0.2, -0.15) is 0 Å². The summed E-state index contributed by atoms with van der Waals surface area (Å²) >= 11 is 0. The van der Waals surface area contributed by atoms with Crippen LogP contribution in [0.1, 0.15) is 66.2 Å². The Morgan fingerprint density at radius 1 is 1.29 bits per heavy atom. The van der Waals surface area contributed by atoms with Crippen LogP contribution < -0.4 is 5.32 Å². The molecule has 21 heavy (non-hydrogen) atoms. The number of amides is 1. The summed E-state index contributed by atoms with van der Waals surface area (Å²) in [4.78, 5) is 14.5. The van der Waals surface area contributed by atoms with Crippen LogP contribution in [-0.4, -0.2) is 48.7 Å². The van der Waals surface area contributed by atoms with Crippen LogP contribution in [-0.2, 0) is 9.53 Å². The average Bonchev–Trinajstić information content (AvgIpc) is 2.79. The fraction of sp³-hybridized carbons (Fsp3) is 0.941. The predicted molar refractivity (Wildman–Crippen MR) is 87.4 cm³/mol. The highest BCUT2D eigenvalue weighted by Gasteiger charge is 2.34. The Balaban J connectivity index is 2.39. The number of ether oxygens (including phenoxy) is 1. The lowest BCUT2D eigenvalue weighted by molar-refractivity contribution is -0.132. The summed E-state index contributed by atoms with van der Waals surface area (Å²) in [6.45, 7) is 10.4. The molecule has 0 bridgehead atoms. The second-order valence-corrected chi connectivity index (χ2v) is 7.24. The molecule has 1 fully saturated rings. The molecule has 1 N–H and O–H groups in total. The van der Waals surface area contributed by atoms with Gasteiger partial charge in [-0.25, -0.2) is 0 Å². The molecule has 0 radical (unpaired) electrons. The normalized spacial score (nSPS) is 22.8. The molecule has 0 aromatic heterocycles. The zero-order valence-electron chi connectivity index (χ0n) is 14.6. The van der Waals surface area contributed by atoms with E-state index in [1.165, 1.54) is 0 Å². The van der Waals surface area contributed by atoms with Crippen molar-refractivity contribution >= 4 is 5.91 Å². The second kappa shape index (κ2) is 8.74. The Hall–Kier alpha value is -0.610. The van der Waals surface area contributed by atoms with E-state index in [9.17, 15) is 4.79 Å². The number of hydrogen-bond donors (Lipinski definition) is 1. The van der Waals surface area contributed by atoms with Crippen molar-refractivity contribution in [1.82, 2.24) is 10.2 Å². The van der Waals surface area contributed by atoms with Crippen molar-refractivity contribution in [3.63, 3.8) is 0 Å². The lowest BCUT2D eigenvalue weighted by Crippen LogP contribution is -2.45. The van der Waals surface area contributed by atoms with Crippen molar-refractivity contribution in [2.24, 2.45) is 0 Å². The molecule has 1 rings (SSSR count). The first-order chi connectivity index (χ1) is 9.87. The van der Waals surface area contributed by atoms with Crippen LogP contribution in [0.15, 0.2) is 0 Å². The Labute approximate surface area is 130 Å². The molecule has 1 aliphatic heterocycles. The molecule has 1 saturated heterocycles. The number of nitrogens with zero attached hydrogens (tertiary/aromatic N) is 1. The summed E-state index contributed by atoms with van der Waals surface area (Å²) in [5, 5.41) is 3.64. The van der Waals surface area contributed by atoms with Gasteiger partial charge in [0.2, 0.25) is 5.91 Å². The summed E-state index contributed by atoms with van der Waals surface area (Å²) in [7, 11) is 1.73. The topological polar surface area (TPSA) is 41.6 Å². The lowest BCUT2D eigenvalue weighted by atomic mass is 10.0. The number of rotatable bonds is 8. The van der Waals surface area contributed by atoms with Crippen molar-refractivity contribution in [2.45, 2.75) is 83.8 Å². The molecule has 0 aromatic carbocycles. The van der Waals surface area contributed by atoms with E-state index in [-0.39, 0.29) is 5.54 Å². The summed E-state index contributed by atoms with van der Waals surface area (Å²) in [6.07, 6.45) is 5.93. The Morgan fingerprint density at radius 3 is 2.57 bits per heavy atom. The highest BCUT2D eigenvalue weighted by Crippen LogP contribution is 2.23. The van der Waals surface area contributed by atoms with E-state index in [0.717, 1.165) is 45.3 Å². The maximum Gasteiger partial charge on any atom is 0.222 e. The number of hydrogen-bond acceptors (Lipinski definition) is 3. The summed E-state index contributed by atoms with van der Waals surface area (Å²) < 4.78 is 5.04. The quantitative estimate of drug-likeness (QED) is 0.701. The van der Waals surface area contributed by atoms with Gasteiger partial charge in [-0.1, -0.05) is 13.3 Å². The van der Waals surface area contributed by atoms with Crippen molar-refractivity contribution in [2.75, 3.05) is 20.3 Å².